The van der Waals surface area contributed by atoms with Gasteiger partial charge < -0.3 is 0 Å². The Hall–Kier alpha value is 0.960. The molecule has 0 saturated carbocycles. The molecule has 35 valence electrons. The highest BCUT2D eigenvalue weighted by Crippen LogP contribution is 2.22. The van der Waals surface area contributed by atoms with Gasteiger partial charge in [0, 0.05) is 0 Å². The third-order valence-electron chi connectivity index (χ3n) is 0.116. The smallest absolute Gasteiger partial charge is 0.0788 e. The number of hydrogen-bond acceptors (Lipinski definition) is 1. The summed E-state index contributed by atoms with van der Waals surface area (Å²) in [6.07, 6.45) is 0. The molecule has 0 saturated heterocycles. The highest BCUT2D eigenvalue weighted by Gasteiger charge is 2.13. The van der Waals surface area contributed by atoms with Crippen LogP contribution >= 0.6 is 47.0 Å². The Morgan fingerprint density at radius 3 is 1.50 bits per heavy atom. The zero-order valence-corrected chi connectivity index (χ0v) is 5.63. The van der Waals surface area contributed by atoms with E-state index in [1.54, 1.807) is 0 Å². The van der Waals surface area contributed by atoms with Crippen molar-refractivity contribution in [2.75, 3.05) is 0 Å². The zero-order chi connectivity index (χ0) is 5.21. The lowest BCUT2D eigenvalue weighted by Crippen LogP contribution is -1.98. The second-order valence-electron chi connectivity index (χ2n) is 0.600. The fourth-order valence-corrected chi connectivity index (χ4v) is 0. The molecule has 0 N–H and O–H groups in total. The monoisotopic (exact) mass is 161 g/mol. The molecular formula is C2Cl3S. The number of rotatable bonds is 0. The molecule has 0 nitrogen and oxygen atoms in total. The summed E-state index contributed by atoms with van der Waals surface area (Å²) in [4.78, 5) is 0. The molecule has 0 aromatic heterocycles. The van der Waals surface area contributed by atoms with E-state index in [0.29, 0.717) is 0 Å². The Bertz CT molecular complexity index is 54.3. The molecule has 0 heterocycles. The molecule has 0 aliphatic heterocycles. The molecule has 0 atom stereocenters. The van der Waals surface area contributed by atoms with Crippen LogP contribution in [0.3, 0.4) is 0 Å². The van der Waals surface area contributed by atoms with E-state index in [1.807, 2.05) is 5.37 Å². The van der Waals surface area contributed by atoms with E-state index in [9.17, 15) is 0 Å². The molecule has 1 radical (unpaired) electrons. The van der Waals surface area contributed by atoms with Crippen molar-refractivity contribution < 1.29 is 0 Å². The van der Waals surface area contributed by atoms with Gasteiger partial charge in [0.2, 0.25) is 3.79 Å². The minimum atomic E-state index is -1.48. The van der Waals surface area contributed by atoms with Crippen molar-refractivity contribution in [3.63, 3.8) is 0 Å². The van der Waals surface area contributed by atoms with Gasteiger partial charge in [-0.05, 0) is 0 Å². The Kier molecular flexibility index (Phi) is 2.68. The van der Waals surface area contributed by atoms with E-state index >= 15 is 0 Å². The highest BCUT2D eigenvalue weighted by molar-refractivity contribution is 7.79. The van der Waals surface area contributed by atoms with Crippen molar-refractivity contribution in [1.29, 1.82) is 0 Å². The first-order valence-electron chi connectivity index (χ1n) is 1.02. The molecule has 0 aliphatic carbocycles. The second kappa shape index (κ2) is 2.31. The first-order valence-corrected chi connectivity index (χ1v) is 2.56. The van der Waals surface area contributed by atoms with Crippen LogP contribution in [0.1, 0.15) is 0 Å². The average Bonchev–Trinajstić information content (AvgIpc) is 1.35. The van der Waals surface area contributed by atoms with Crippen molar-refractivity contribution in [3.8, 4) is 0 Å². The van der Waals surface area contributed by atoms with Crippen LogP contribution in [0, 0.1) is 0 Å². The molecule has 6 heavy (non-hydrogen) atoms. The van der Waals surface area contributed by atoms with E-state index in [0.717, 1.165) is 0 Å². The lowest BCUT2D eigenvalue weighted by atomic mass is 10.9. The van der Waals surface area contributed by atoms with Crippen LogP contribution in [-0.2, 0) is 0 Å². The molecule has 0 spiro atoms. The van der Waals surface area contributed by atoms with Gasteiger partial charge in [-0.1, -0.05) is 47.0 Å². The van der Waals surface area contributed by atoms with Crippen LogP contribution in [0.25, 0.3) is 0 Å². The second-order valence-corrected chi connectivity index (χ2v) is 3.09. The SMILES string of the molecule is S=[C]C(Cl)(Cl)Cl. The minimum Gasteiger partial charge on any atom is -0.0788 e. The molecule has 0 rings (SSSR count). The number of thiocarbonyl (C=S) groups is 1. The maximum atomic E-state index is 5.03. The predicted octanol–water partition coefficient (Wildman–Crippen LogP) is 2.23. The molecule has 0 amide bonds. The fourth-order valence-electron chi connectivity index (χ4n) is 0. The number of alkyl halides is 3. The van der Waals surface area contributed by atoms with E-state index in [-0.39, 0.29) is 0 Å². The van der Waals surface area contributed by atoms with Crippen LogP contribution in [0.15, 0.2) is 0 Å². The van der Waals surface area contributed by atoms with Crippen LogP contribution in [0.2, 0.25) is 0 Å². The van der Waals surface area contributed by atoms with E-state index in [4.69, 9.17) is 34.8 Å². The third kappa shape index (κ3) is 4.96. The maximum Gasteiger partial charge on any atom is 0.227 e. The van der Waals surface area contributed by atoms with Crippen LogP contribution in [0.4, 0.5) is 0 Å². The number of halogens is 3. The Balaban J connectivity index is 3.45. The summed E-state index contributed by atoms with van der Waals surface area (Å²) >= 11 is 19.2. The van der Waals surface area contributed by atoms with Crippen molar-refractivity contribution in [2.24, 2.45) is 0 Å². The van der Waals surface area contributed by atoms with Gasteiger partial charge in [0.15, 0.2) is 0 Å². The average molecular weight is 162 g/mol. The molecule has 0 bridgehead atoms. The molecule has 0 aromatic rings. The predicted molar refractivity (Wildman–Crippen MR) is 32.9 cm³/mol. The standard InChI is InChI=1S/C2Cl3S/c3-2(4,5)1-6. The van der Waals surface area contributed by atoms with Crippen molar-refractivity contribution >= 4 is 52.4 Å². The quantitative estimate of drug-likeness (QED) is 0.389. The minimum absolute atomic E-state index is 1.48. The summed E-state index contributed by atoms with van der Waals surface area (Å²) in [6, 6.07) is 0. The summed E-state index contributed by atoms with van der Waals surface area (Å²) in [6.45, 7) is 0. The summed E-state index contributed by atoms with van der Waals surface area (Å²) < 4.78 is -1.48. The first kappa shape index (κ1) is 6.96. The van der Waals surface area contributed by atoms with Gasteiger partial charge in [0.05, 0.1) is 5.37 Å². The number of hydrogen-bond donors (Lipinski definition) is 0. The van der Waals surface area contributed by atoms with Crippen molar-refractivity contribution in [3.05, 3.63) is 0 Å². The van der Waals surface area contributed by atoms with Crippen LogP contribution < -0.4 is 0 Å². The summed E-state index contributed by atoms with van der Waals surface area (Å²) in [5.41, 5.74) is 0. The van der Waals surface area contributed by atoms with Gasteiger partial charge in [0.25, 0.3) is 0 Å². The zero-order valence-electron chi connectivity index (χ0n) is 2.54. The van der Waals surface area contributed by atoms with Gasteiger partial charge in [-0.3, -0.25) is 0 Å². The normalized spacial score (nSPS) is 11.2. The molecule has 0 fully saturated rings. The van der Waals surface area contributed by atoms with Gasteiger partial charge in [-0.2, -0.15) is 0 Å². The molecule has 0 unspecified atom stereocenters. The maximum absolute atomic E-state index is 5.03. The Morgan fingerprint density at radius 2 is 1.50 bits per heavy atom. The Morgan fingerprint density at radius 1 is 1.33 bits per heavy atom. The lowest BCUT2D eigenvalue weighted by Gasteiger charge is -1.94. The molecule has 0 aliphatic rings. The van der Waals surface area contributed by atoms with E-state index in [2.05, 4.69) is 12.2 Å². The largest absolute Gasteiger partial charge is 0.227 e. The lowest BCUT2D eigenvalue weighted by molar-refractivity contribution is 1.70. The highest BCUT2D eigenvalue weighted by atomic mass is 35.6. The first-order chi connectivity index (χ1) is 2.56. The van der Waals surface area contributed by atoms with Gasteiger partial charge in [-0.15, -0.1) is 0 Å². The van der Waals surface area contributed by atoms with Crippen molar-refractivity contribution in [1.82, 2.24) is 0 Å². The van der Waals surface area contributed by atoms with Crippen LogP contribution in [-0.4, -0.2) is 9.16 Å². The summed E-state index contributed by atoms with van der Waals surface area (Å²) in [5.74, 6) is 0. The topological polar surface area (TPSA) is 0 Å². The van der Waals surface area contributed by atoms with Gasteiger partial charge in [-0.25, -0.2) is 0 Å². The van der Waals surface area contributed by atoms with Crippen molar-refractivity contribution in [2.45, 2.75) is 3.79 Å². The molecule has 4 heteroatoms. The summed E-state index contributed by atoms with van der Waals surface area (Å²) in [7, 11) is 0. The molecule has 0 aromatic carbocycles. The fraction of sp³-hybridized carbons (Fsp3) is 0.500. The van der Waals surface area contributed by atoms with E-state index in [1.165, 1.54) is 0 Å². The Labute approximate surface area is 56.4 Å². The van der Waals surface area contributed by atoms with E-state index < -0.39 is 3.79 Å². The third-order valence-corrected chi connectivity index (χ3v) is 1.04. The molecular weight excluding hydrogens is 162 g/mol. The summed E-state index contributed by atoms with van der Waals surface area (Å²) in [5, 5.41) is 1.98. The van der Waals surface area contributed by atoms with Gasteiger partial charge in [0.1, 0.15) is 0 Å². The van der Waals surface area contributed by atoms with Gasteiger partial charge >= 0.3 is 0 Å². The van der Waals surface area contributed by atoms with Crippen LogP contribution in [0.5, 0.6) is 0 Å².